The molecular weight excluding hydrogens is 254 g/mol. The molecule has 0 spiro atoms. The van der Waals surface area contributed by atoms with Gasteiger partial charge in [0.15, 0.2) is 0 Å². The third-order valence-corrected chi connectivity index (χ3v) is 2.77. The summed E-state index contributed by atoms with van der Waals surface area (Å²) in [6, 6.07) is 6.72. The molecule has 1 unspecified atom stereocenters. The lowest BCUT2D eigenvalue weighted by Gasteiger charge is -2.14. The number of carbonyl (C=O) groups is 2. The first-order chi connectivity index (χ1) is 8.51. The Morgan fingerprint density at radius 1 is 1.44 bits per heavy atom. The Balaban J connectivity index is 2.52. The van der Waals surface area contributed by atoms with Crippen LogP contribution < -0.4 is 5.32 Å². The Bertz CT molecular complexity index is 434. The highest BCUT2D eigenvalue weighted by atomic mass is 35.5. The van der Waals surface area contributed by atoms with Crippen LogP contribution in [0.3, 0.4) is 0 Å². The molecule has 0 aliphatic rings. The lowest BCUT2D eigenvalue weighted by molar-refractivity contribution is -0.137. The van der Waals surface area contributed by atoms with Crippen molar-refractivity contribution >= 4 is 23.5 Å². The number of amides is 1. The van der Waals surface area contributed by atoms with Crippen LogP contribution in [0.15, 0.2) is 24.3 Å². The molecule has 0 saturated heterocycles. The molecule has 5 heteroatoms. The second-order valence-corrected chi connectivity index (χ2v) is 4.51. The average molecular weight is 270 g/mol. The Kier molecular flexibility index (Phi) is 5.65. The van der Waals surface area contributed by atoms with E-state index in [1.165, 1.54) is 0 Å². The van der Waals surface area contributed by atoms with E-state index >= 15 is 0 Å². The van der Waals surface area contributed by atoms with Crippen LogP contribution in [0, 0.1) is 0 Å². The van der Waals surface area contributed by atoms with Crippen LogP contribution in [0.1, 0.15) is 25.3 Å². The van der Waals surface area contributed by atoms with Gasteiger partial charge in [0.1, 0.15) is 0 Å². The molecule has 0 fully saturated rings. The molecule has 0 aliphatic heterocycles. The molecule has 18 heavy (non-hydrogen) atoms. The minimum absolute atomic E-state index is 0.0578. The van der Waals surface area contributed by atoms with E-state index in [9.17, 15) is 9.59 Å². The van der Waals surface area contributed by atoms with Gasteiger partial charge in [-0.25, -0.2) is 0 Å². The fraction of sp³-hybridized carbons (Fsp3) is 0.385. The summed E-state index contributed by atoms with van der Waals surface area (Å²) in [7, 11) is 0. The molecule has 2 N–H and O–H groups in total. The van der Waals surface area contributed by atoms with E-state index in [0.717, 1.165) is 5.56 Å². The van der Waals surface area contributed by atoms with Crippen LogP contribution in [0.5, 0.6) is 0 Å². The van der Waals surface area contributed by atoms with E-state index < -0.39 is 5.97 Å². The normalized spacial score (nSPS) is 11.9. The van der Waals surface area contributed by atoms with Crippen molar-refractivity contribution in [2.24, 2.45) is 0 Å². The third-order valence-electron chi connectivity index (χ3n) is 2.53. The van der Waals surface area contributed by atoms with Crippen molar-refractivity contribution in [1.29, 1.82) is 0 Å². The van der Waals surface area contributed by atoms with Gasteiger partial charge in [0.25, 0.3) is 0 Å². The van der Waals surface area contributed by atoms with Gasteiger partial charge in [-0.05, 0) is 24.1 Å². The van der Waals surface area contributed by atoms with Gasteiger partial charge in [0, 0.05) is 11.1 Å². The molecule has 0 bridgehead atoms. The maximum atomic E-state index is 11.7. The highest BCUT2D eigenvalue weighted by Crippen LogP contribution is 2.11. The second kappa shape index (κ2) is 7.01. The van der Waals surface area contributed by atoms with Crippen LogP contribution in [0.2, 0.25) is 5.02 Å². The molecule has 0 aromatic heterocycles. The van der Waals surface area contributed by atoms with Gasteiger partial charge in [-0.15, -0.1) is 0 Å². The Morgan fingerprint density at radius 2 is 2.17 bits per heavy atom. The predicted octanol–water partition coefficient (Wildman–Crippen LogP) is 2.25. The molecule has 0 saturated carbocycles. The summed E-state index contributed by atoms with van der Waals surface area (Å²) >= 11 is 5.82. The molecule has 4 nitrogen and oxygen atoms in total. The maximum Gasteiger partial charge on any atom is 0.305 e. The summed E-state index contributed by atoms with van der Waals surface area (Å²) in [5.41, 5.74) is 0.810. The minimum atomic E-state index is -0.912. The van der Waals surface area contributed by atoms with Crippen molar-refractivity contribution < 1.29 is 14.7 Å². The number of benzene rings is 1. The van der Waals surface area contributed by atoms with Crippen molar-refractivity contribution in [3.8, 4) is 0 Å². The molecule has 98 valence electrons. The number of nitrogens with one attached hydrogen (secondary N) is 1. The van der Waals surface area contributed by atoms with Gasteiger partial charge < -0.3 is 10.4 Å². The molecule has 0 aliphatic carbocycles. The van der Waals surface area contributed by atoms with Gasteiger partial charge in [0.2, 0.25) is 5.91 Å². The zero-order chi connectivity index (χ0) is 13.5. The molecule has 1 aromatic carbocycles. The van der Waals surface area contributed by atoms with Crippen LogP contribution in [0.4, 0.5) is 0 Å². The van der Waals surface area contributed by atoms with E-state index in [-0.39, 0.29) is 24.8 Å². The van der Waals surface area contributed by atoms with Crippen LogP contribution in [-0.4, -0.2) is 23.0 Å². The van der Waals surface area contributed by atoms with Crippen molar-refractivity contribution in [2.45, 2.75) is 32.2 Å². The predicted molar refractivity (Wildman–Crippen MR) is 69.6 cm³/mol. The summed E-state index contributed by atoms with van der Waals surface area (Å²) in [5, 5.41) is 12.0. The van der Waals surface area contributed by atoms with E-state index in [1.807, 2.05) is 13.0 Å². The summed E-state index contributed by atoms with van der Waals surface area (Å²) < 4.78 is 0. The van der Waals surface area contributed by atoms with Crippen molar-refractivity contribution in [2.75, 3.05) is 0 Å². The largest absolute Gasteiger partial charge is 0.481 e. The van der Waals surface area contributed by atoms with Gasteiger partial charge in [-0.2, -0.15) is 0 Å². The van der Waals surface area contributed by atoms with E-state index in [0.29, 0.717) is 11.4 Å². The third kappa shape index (κ3) is 5.19. The van der Waals surface area contributed by atoms with Gasteiger partial charge in [0.05, 0.1) is 12.8 Å². The lowest BCUT2D eigenvalue weighted by Crippen LogP contribution is -2.36. The van der Waals surface area contributed by atoms with Crippen molar-refractivity contribution in [1.82, 2.24) is 5.32 Å². The number of hydrogen-bond donors (Lipinski definition) is 2. The van der Waals surface area contributed by atoms with Gasteiger partial charge in [-0.1, -0.05) is 30.7 Å². The number of aliphatic carboxylic acids is 1. The monoisotopic (exact) mass is 269 g/mol. The second-order valence-electron chi connectivity index (χ2n) is 4.08. The first-order valence-electron chi connectivity index (χ1n) is 5.77. The van der Waals surface area contributed by atoms with Crippen molar-refractivity contribution in [3.05, 3.63) is 34.9 Å². The molecular formula is C13H16ClNO3. The van der Waals surface area contributed by atoms with E-state index in [2.05, 4.69) is 5.32 Å². The molecule has 1 rings (SSSR count). The minimum Gasteiger partial charge on any atom is -0.481 e. The first-order valence-corrected chi connectivity index (χ1v) is 6.14. The van der Waals surface area contributed by atoms with Crippen LogP contribution >= 0.6 is 11.6 Å². The zero-order valence-electron chi connectivity index (χ0n) is 10.1. The Labute approximate surface area is 111 Å². The van der Waals surface area contributed by atoms with E-state index in [1.54, 1.807) is 18.2 Å². The van der Waals surface area contributed by atoms with Crippen molar-refractivity contribution in [3.63, 3.8) is 0 Å². The number of hydrogen-bond acceptors (Lipinski definition) is 2. The Hall–Kier alpha value is -1.55. The number of carboxylic acid groups (broad SMARTS) is 1. The number of carbonyl (C=O) groups excluding carboxylic acids is 1. The average Bonchev–Trinajstić information content (AvgIpc) is 2.27. The standard InChI is InChI=1S/C13H16ClNO3/c1-2-11(8-13(17)18)15-12(16)7-9-4-3-5-10(14)6-9/h3-6,11H,2,7-8H2,1H3,(H,15,16)(H,17,18). The number of carboxylic acids is 1. The smallest absolute Gasteiger partial charge is 0.305 e. The molecule has 1 atom stereocenters. The van der Waals surface area contributed by atoms with Crippen LogP contribution in [-0.2, 0) is 16.0 Å². The van der Waals surface area contributed by atoms with Gasteiger partial charge in [-0.3, -0.25) is 9.59 Å². The number of rotatable bonds is 6. The van der Waals surface area contributed by atoms with Gasteiger partial charge >= 0.3 is 5.97 Å². The summed E-state index contributed by atoms with van der Waals surface area (Å²) in [6.07, 6.45) is 0.738. The maximum absolute atomic E-state index is 11.7. The topological polar surface area (TPSA) is 66.4 Å². The number of halogens is 1. The van der Waals surface area contributed by atoms with Crippen LogP contribution in [0.25, 0.3) is 0 Å². The quantitative estimate of drug-likeness (QED) is 0.832. The fourth-order valence-electron chi connectivity index (χ4n) is 1.62. The summed E-state index contributed by atoms with van der Waals surface area (Å²) in [6.45, 7) is 1.84. The molecule has 1 amide bonds. The fourth-order valence-corrected chi connectivity index (χ4v) is 1.83. The molecule has 0 heterocycles. The Morgan fingerprint density at radius 3 is 2.72 bits per heavy atom. The SMILES string of the molecule is CCC(CC(=O)O)NC(=O)Cc1cccc(Cl)c1. The highest BCUT2D eigenvalue weighted by molar-refractivity contribution is 6.30. The molecule has 0 radical (unpaired) electrons. The zero-order valence-corrected chi connectivity index (χ0v) is 10.9. The highest BCUT2D eigenvalue weighted by Gasteiger charge is 2.14. The molecule has 1 aromatic rings. The van der Waals surface area contributed by atoms with E-state index in [4.69, 9.17) is 16.7 Å². The first kappa shape index (κ1) is 14.5. The lowest BCUT2D eigenvalue weighted by atomic mass is 10.1. The summed E-state index contributed by atoms with van der Waals surface area (Å²) in [4.78, 5) is 22.3. The summed E-state index contributed by atoms with van der Waals surface area (Å²) in [5.74, 6) is -1.10.